The third-order valence-electron chi connectivity index (χ3n) is 6.26. The van der Waals surface area contributed by atoms with Crippen LogP contribution in [0.2, 0.25) is 0 Å². The molecule has 12 heteroatoms. The number of sulfone groups is 1. The maximum Gasteiger partial charge on any atom is 0.268 e. The van der Waals surface area contributed by atoms with Crippen LogP contribution in [0.15, 0.2) is 65.6 Å². The van der Waals surface area contributed by atoms with Crippen LogP contribution in [0.3, 0.4) is 0 Å². The zero-order chi connectivity index (χ0) is 28.3. The molecule has 39 heavy (non-hydrogen) atoms. The number of rotatable bonds is 8. The average Bonchev–Trinajstić information content (AvgIpc) is 3.29. The summed E-state index contributed by atoms with van der Waals surface area (Å²) in [5.41, 5.74) is 3.50. The number of benzene rings is 3. The molecule has 2 atom stereocenters. The van der Waals surface area contributed by atoms with Crippen LogP contribution in [0.5, 0.6) is 5.75 Å². The van der Waals surface area contributed by atoms with Crippen LogP contribution in [0.4, 0.5) is 8.78 Å². The molecule has 9 nitrogen and oxygen atoms in total. The fourth-order valence-corrected chi connectivity index (χ4v) is 5.29. The van der Waals surface area contributed by atoms with Crippen LogP contribution in [-0.2, 0) is 26.1 Å². The normalized spacial score (nSPS) is 17.2. The lowest BCUT2D eigenvalue weighted by Crippen LogP contribution is -2.49. The van der Waals surface area contributed by atoms with E-state index in [1.165, 1.54) is 24.1 Å². The fourth-order valence-electron chi connectivity index (χ4n) is 4.40. The molecule has 0 bridgehead atoms. The van der Waals surface area contributed by atoms with Crippen molar-refractivity contribution in [2.75, 3.05) is 19.9 Å². The van der Waals surface area contributed by atoms with Crippen molar-refractivity contribution in [1.82, 2.24) is 10.4 Å². The molecule has 1 saturated heterocycles. The van der Waals surface area contributed by atoms with Crippen LogP contribution >= 0.6 is 0 Å². The van der Waals surface area contributed by atoms with Crippen molar-refractivity contribution in [3.05, 3.63) is 83.4 Å². The molecule has 3 aromatic carbocycles. The minimum absolute atomic E-state index is 0.0266. The van der Waals surface area contributed by atoms with Crippen LogP contribution in [-0.4, -0.2) is 62.3 Å². The highest BCUT2D eigenvalue weighted by Gasteiger charge is 2.41. The van der Waals surface area contributed by atoms with E-state index in [4.69, 9.17) is 4.74 Å². The number of nitrogens with one attached hydrogen (secondary N) is 1. The van der Waals surface area contributed by atoms with E-state index < -0.39 is 45.4 Å². The topological polar surface area (TPSA) is 122 Å². The van der Waals surface area contributed by atoms with E-state index in [-0.39, 0.29) is 30.0 Å². The maximum absolute atomic E-state index is 13.9. The Labute approximate surface area is 223 Å². The van der Waals surface area contributed by atoms with Crippen LogP contribution in [0, 0.1) is 11.6 Å². The van der Waals surface area contributed by atoms with E-state index in [0.29, 0.717) is 28.5 Å². The highest BCUT2D eigenvalue weighted by molar-refractivity contribution is 7.90. The average molecular weight is 561 g/mol. The summed E-state index contributed by atoms with van der Waals surface area (Å²) in [7, 11) is -2.56. The Kier molecular flexibility index (Phi) is 8.28. The molecule has 1 aliphatic heterocycles. The van der Waals surface area contributed by atoms with Gasteiger partial charge in [0, 0.05) is 23.9 Å². The van der Waals surface area contributed by atoms with Gasteiger partial charge in [-0.25, -0.2) is 22.7 Å². The predicted octanol–water partition coefficient (Wildman–Crippen LogP) is 2.87. The SMILES string of the molecule is CONC(=O)[C@@H]1[C@@H](O)CCN1C(=O)c1cccc(COc2ccc(-c3cc(F)c(F)cc3S(C)(=O)=O)cc2)c1. The smallest absolute Gasteiger partial charge is 0.268 e. The minimum atomic E-state index is -3.82. The summed E-state index contributed by atoms with van der Waals surface area (Å²) in [6, 6.07) is 13.2. The molecular weight excluding hydrogens is 534 g/mol. The van der Waals surface area contributed by atoms with Gasteiger partial charge in [-0.1, -0.05) is 24.3 Å². The number of carbonyl (C=O) groups is 2. The van der Waals surface area contributed by atoms with E-state index in [9.17, 15) is 31.9 Å². The second-order valence-corrected chi connectivity index (χ2v) is 11.0. The van der Waals surface area contributed by atoms with Gasteiger partial charge in [0.05, 0.1) is 18.1 Å². The van der Waals surface area contributed by atoms with Gasteiger partial charge in [-0.05, 0) is 53.9 Å². The number of carbonyl (C=O) groups excluding carboxylic acids is 2. The van der Waals surface area contributed by atoms with E-state index in [1.54, 1.807) is 36.4 Å². The Morgan fingerprint density at radius 3 is 2.44 bits per heavy atom. The fraction of sp³-hybridized carbons (Fsp3) is 0.259. The number of aliphatic hydroxyl groups excluding tert-OH is 1. The number of halogens is 2. The van der Waals surface area contributed by atoms with Crippen molar-refractivity contribution in [3.8, 4) is 16.9 Å². The van der Waals surface area contributed by atoms with Gasteiger partial charge in [-0.2, -0.15) is 0 Å². The summed E-state index contributed by atoms with van der Waals surface area (Å²) >= 11 is 0. The van der Waals surface area contributed by atoms with E-state index in [1.807, 2.05) is 0 Å². The first-order chi connectivity index (χ1) is 18.5. The monoisotopic (exact) mass is 560 g/mol. The lowest BCUT2D eigenvalue weighted by Gasteiger charge is -2.25. The number of amides is 2. The summed E-state index contributed by atoms with van der Waals surface area (Å²) in [6.07, 6.45) is 0.154. The Morgan fingerprint density at radius 1 is 1.08 bits per heavy atom. The minimum Gasteiger partial charge on any atom is -0.489 e. The summed E-state index contributed by atoms with van der Waals surface area (Å²) in [4.78, 5) is 31.0. The van der Waals surface area contributed by atoms with Gasteiger partial charge in [0.2, 0.25) is 0 Å². The standard InChI is InChI=1S/C27H26F2N2O7S/c1-37-30-26(33)25-23(32)10-11-31(25)27(34)18-5-3-4-16(12-18)15-38-19-8-6-17(7-9-19)20-13-21(28)22(29)14-24(20)39(2,35)36/h3-9,12-14,23,25,32H,10-11,15H2,1-2H3,(H,30,33)/t23-,25-/m0/s1. The number of hydrogen-bond donors (Lipinski definition) is 2. The van der Waals surface area contributed by atoms with Gasteiger partial charge in [-0.15, -0.1) is 0 Å². The van der Waals surface area contributed by atoms with Crippen LogP contribution in [0.1, 0.15) is 22.3 Å². The van der Waals surface area contributed by atoms with E-state index in [0.717, 1.165) is 12.3 Å². The molecule has 1 aliphatic rings. The number of nitrogens with zero attached hydrogens (tertiary/aromatic N) is 1. The second-order valence-electron chi connectivity index (χ2n) is 9.02. The lowest BCUT2D eigenvalue weighted by molar-refractivity contribution is -0.137. The second kappa shape index (κ2) is 11.5. The molecule has 0 aliphatic carbocycles. The van der Waals surface area contributed by atoms with Gasteiger partial charge < -0.3 is 14.7 Å². The molecule has 3 aromatic rings. The van der Waals surface area contributed by atoms with E-state index in [2.05, 4.69) is 10.3 Å². The Hall–Kier alpha value is -3.87. The van der Waals surface area contributed by atoms with Crippen molar-refractivity contribution in [2.45, 2.75) is 30.1 Å². The van der Waals surface area contributed by atoms with Crippen molar-refractivity contribution in [3.63, 3.8) is 0 Å². The zero-order valence-electron chi connectivity index (χ0n) is 21.1. The summed E-state index contributed by atoms with van der Waals surface area (Å²) in [5.74, 6) is -3.05. The Morgan fingerprint density at radius 2 is 1.77 bits per heavy atom. The maximum atomic E-state index is 13.9. The van der Waals surface area contributed by atoms with Gasteiger partial charge >= 0.3 is 0 Å². The third kappa shape index (κ3) is 6.24. The molecule has 1 heterocycles. The highest BCUT2D eigenvalue weighted by Crippen LogP contribution is 2.31. The molecule has 4 rings (SSSR count). The number of aliphatic hydroxyl groups is 1. The van der Waals surface area contributed by atoms with Gasteiger partial charge in [0.15, 0.2) is 21.5 Å². The first kappa shape index (κ1) is 28.1. The summed E-state index contributed by atoms with van der Waals surface area (Å²) < 4.78 is 57.5. The predicted molar refractivity (Wildman–Crippen MR) is 136 cm³/mol. The number of likely N-dealkylation sites (tertiary alicyclic amines) is 1. The lowest BCUT2D eigenvalue weighted by atomic mass is 10.1. The largest absolute Gasteiger partial charge is 0.489 e. The van der Waals surface area contributed by atoms with Crippen molar-refractivity contribution < 1.29 is 41.5 Å². The summed E-state index contributed by atoms with van der Waals surface area (Å²) in [5, 5.41) is 10.2. The molecule has 0 unspecified atom stereocenters. The Bertz CT molecular complexity index is 1500. The quantitative estimate of drug-likeness (QED) is 0.321. The van der Waals surface area contributed by atoms with Gasteiger partial charge in [0.1, 0.15) is 18.4 Å². The number of hydroxylamine groups is 1. The van der Waals surface area contributed by atoms with Gasteiger partial charge in [-0.3, -0.25) is 14.4 Å². The zero-order valence-corrected chi connectivity index (χ0v) is 21.9. The molecule has 0 aromatic heterocycles. The molecular formula is C27H26F2N2O7S. The molecule has 0 spiro atoms. The van der Waals surface area contributed by atoms with Crippen molar-refractivity contribution >= 4 is 21.7 Å². The first-order valence-corrected chi connectivity index (χ1v) is 13.7. The molecule has 206 valence electrons. The highest BCUT2D eigenvalue weighted by atomic mass is 32.2. The van der Waals surface area contributed by atoms with Gasteiger partial charge in [0.25, 0.3) is 11.8 Å². The molecule has 2 N–H and O–H groups in total. The number of hydrogen-bond acceptors (Lipinski definition) is 7. The van der Waals surface area contributed by atoms with E-state index >= 15 is 0 Å². The Balaban J connectivity index is 1.47. The van der Waals surface area contributed by atoms with Crippen LogP contribution in [0.25, 0.3) is 11.1 Å². The molecule has 1 fully saturated rings. The van der Waals surface area contributed by atoms with Crippen molar-refractivity contribution in [1.29, 1.82) is 0 Å². The van der Waals surface area contributed by atoms with Crippen LogP contribution < -0.4 is 10.2 Å². The molecule has 2 amide bonds. The number of ether oxygens (including phenoxy) is 1. The first-order valence-electron chi connectivity index (χ1n) is 11.8. The molecule has 0 saturated carbocycles. The third-order valence-corrected chi connectivity index (χ3v) is 7.40. The summed E-state index contributed by atoms with van der Waals surface area (Å²) in [6.45, 7) is 0.282. The molecule has 0 radical (unpaired) electrons. The van der Waals surface area contributed by atoms with Crippen molar-refractivity contribution in [2.24, 2.45) is 0 Å².